The number of benzene rings is 1. The molecule has 1 rings (SSSR count). The average Bonchev–Trinajstić information content (AvgIpc) is 2.21. The van der Waals surface area contributed by atoms with Crippen molar-refractivity contribution in [1.82, 2.24) is 4.72 Å². The van der Waals surface area contributed by atoms with Gasteiger partial charge in [-0.1, -0.05) is 6.92 Å². The predicted molar refractivity (Wildman–Crippen MR) is 59.9 cm³/mol. The molecular formula is C10H15FN2O2S. The van der Waals surface area contributed by atoms with Gasteiger partial charge in [0, 0.05) is 18.7 Å². The van der Waals surface area contributed by atoms with Crippen molar-refractivity contribution in [2.45, 2.75) is 25.3 Å². The van der Waals surface area contributed by atoms with Crippen LogP contribution in [-0.2, 0) is 16.6 Å². The fourth-order valence-electron chi connectivity index (χ4n) is 1.37. The number of halogens is 1. The van der Waals surface area contributed by atoms with E-state index in [2.05, 4.69) is 4.72 Å². The molecule has 0 aliphatic rings. The third kappa shape index (κ3) is 2.58. The third-order valence-corrected chi connectivity index (χ3v) is 3.89. The van der Waals surface area contributed by atoms with E-state index in [9.17, 15) is 12.8 Å². The highest BCUT2D eigenvalue weighted by Gasteiger charge is 2.18. The quantitative estimate of drug-likeness (QED) is 0.828. The Labute approximate surface area is 94.7 Å². The van der Waals surface area contributed by atoms with E-state index < -0.39 is 15.8 Å². The summed E-state index contributed by atoms with van der Waals surface area (Å²) in [5.41, 5.74) is 5.94. The first-order valence-corrected chi connectivity index (χ1v) is 6.39. The maximum Gasteiger partial charge on any atom is 0.240 e. The Morgan fingerprint density at radius 1 is 1.44 bits per heavy atom. The number of nitrogens with one attached hydrogen (secondary N) is 1. The minimum atomic E-state index is -3.64. The number of hydrogen-bond donors (Lipinski definition) is 2. The lowest BCUT2D eigenvalue weighted by molar-refractivity contribution is 0.575. The van der Waals surface area contributed by atoms with E-state index in [1.807, 2.05) is 0 Å². The molecule has 0 aliphatic heterocycles. The molecule has 0 bridgehead atoms. The highest BCUT2D eigenvalue weighted by atomic mass is 32.2. The standard InChI is InChI=1S/C10H15FN2O2S/c1-3-13-16(14,15)10-5-8(6-12)4-9(11)7(10)2/h4-5,13H,3,6,12H2,1-2H3. The summed E-state index contributed by atoms with van der Waals surface area (Å²) in [5.74, 6) is -0.556. The van der Waals surface area contributed by atoms with Crippen molar-refractivity contribution in [3.63, 3.8) is 0 Å². The minimum Gasteiger partial charge on any atom is -0.326 e. The number of nitrogens with two attached hydrogens (primary N) is 1. The Bertz CT molecular complexity index is 486. The van der Waals surface area contributed by atoms with Crippen molar-refractivity contribution in [2.75, 3.05) is 6.54 Å². The monoisotopic (exact) mass is 246 g/mol. The van der Waals surface area contributed by atoms with Crippen molar-refractivity contribution in [3.8, 4) is 0 Å². The second kappa shape index (κ2) is 4.90. The molecular weight excluding hydrogens is 231 g/mol. The molecule has 0 unspecified atom stereocenters. The van der Waals surface area contributed by atoms with Gasteiger partial charge in [0.25, 0.3) is 0 Å². The van der Waals surface area contributed by atoms with Gasteiger partial charge in [0.1, 0.15) is 5.82 Å². The van der Waals surface area contributed by atoms with Gasteiger partial charge in [-0.05, 0) is 24.6 Å². The zero-order valence-electron chi connectivity index (χ0n) is 9.25. The van der Waals surface area contributed by atoms with Crippen LogP contribution < -0.4 is 10.5 Å². The average molecular weight is 246 g/mol. The molecule has 0 saturated heterocycles. The SMILES string of the molecule is CCNS(=O)(=O)c1cc(CN)cc(F)c1C. The van der Waals surface area contributed by atoms with Gasteiger partial charge in [0.15, 0.2) is 0 Å². The van der Waals surface area contributed by atoms with Gasteiger partial charge in [-0.3, -0.25) is 0 Å². The Balaban J connectivity index is 3.38. The van der Waals surface area contributed by atoms with Crippen molar-refractivity contribution in [2.24, 2.45) is 5.73 Å². The van der Waals surface area contributed by atoms with E-state index in [1.54, 1.807) is 6.92 Å². The van der Waals surface area contributed by atoms with E-state index >= 15 is 0 Å². The van der Waals surface area contributed by atoms with Gasteiger partial charge in [-0.2, -0.15) is 0 Å². The van der Waals surface area contributed by atoms with Crippen molar-refractivity contribution < 1.29 is 12.8 Å². The summed E-state index contributed by atoms with van der Waals surface area (Å²) in [7, 11) is -3.64. The lowest BCUT2D eigenvalue weighted by Gasteiger charge is -2.10. The summed E-state index contributed by atoms with van der Waals surface area (Å²) in [4.78, 5) is -0.0465. The van der Waals surface area contributed by atoms with Crippen LogP contribution in [0.3, 0.4) is 0 Å². The summed E-state index contributed by atoms with van der Waals surface area (Å²) in [6, 6.07) is 2.65. The molecule has 0 fully saturated rings. The van der Waals surface area contributed by atoms with Gasteiger partial charge in [0.2, 0.25) is 10.0 Å². The normalized spacial score (nSPS) is 11.8. The van der Waals surface area contributed by atoms with E-state index in [1.165, 1.54) is 19.1 Å². The summed E-state index contributed by atoms with van der Waals surface area (Å²) in [6.07, 6.45) is 0. The third-order valence-electron chi connectivity index (χ3n) is 2.22. The molecule has 0 aromatic heterocycles. The fourth-order valence-corrected chi connectivity index (χ4v) is 2.71. The molecule has 0 aliphatic carbocycles. The Morgan fingerprint density at radius 3 is 2.56 bits per heavy atom. The number of sulfonamides is 1. The fraction of sp³-hybridized carbons (Fsp3) is 0.400. The van der Waals surface area contributed by atoms with E-state index in [4.69, 9.17) is 5.73 Å². The molecule has 0 amide bonds. The molecule has 6 heteroatoms. The van der Waals surface area contributed by atoms with Gasteiger partial charge >= 0.3 is 0 Å². The smallest absolute Gasteiger partial charge is 0.240 e. The summed E-state index contributed by atoms with van der Waals surface area (Å²) < 4.78 is 39.3. The number of hydrogen-bond acceptors (Lipinski definition) is 3. The van der Waals surface area contributed by atoms with Crippen LogP contribution in [0.15, 0.2) is 17.0 Å². The highest BCUT2D eigenvalue weighted by molar-refractivity contribution is 7.89. The van der Waals surface area contributed by atoms with Crippen LogP contribution in [0.1, 0.15) is 18.1 Å². The van der Waals surface area contributed by atoms with E-state index in [0.717, 1.165) is 0 Å². The second-order valence-corrected chi connectivity index (χ2v) is 5.14. The first-order chi connectivity index (χ1) is 7.42. The first kappa shape index (κ1) is 13.1. The second-order valence-electron chi connectivity index (χ2n) is 3.41. The molecule has 16 heavy (non-hydrogen) atoms. The number of rotatable bonds is 4. The van der Waals surface area contributed by atoms with Crippen molar-refractivity contribution in [1.29, 1.82) is 0 Å². The van der Waals surface area contributed by atoms with Crippen LogP contribution >= 0.6 is 0 Å². The topological polar surface area (TPSA) is 72.2 Å². The molecule has 3 N–H and O–H groups in total. The molecule has 0 radical (unpaired) electrons. The minimum absolute atomic E-state index is 0.0465. The molecule has 90 valence electrons. The summed E-state index contributed by atoms with van der Waals surface area (Å²) in [5, 5.41) is 0. The lowest BCUT2D eigenvalue weighted by Crippen LogP contribution is -2.24. The maximum absolute atomic E-state index is 13.4. The molecule has 0 atom stereocenters. The highest BCUT2D eigenvalue weighted by Crippen LogP contribution is 2.20. The maximum atomic E-state index is 13.4. The predicted octanol–water partition coefficient (Wildman–Crippen LogP) is 0.891. The van der Waals surface area contributed by atoms with Gasteiger partial charge < -0.3 is 5.73 Å². The van der Waals surface area contributed by atoms with E-state index in [-0.39, 0.29) is 23.5 Å². The Kier molecular flexibility index (Phi) is 4.01. The first-order valence-electron chi connectivity index (χ1n) is 4.91. The molecule has 1 aromatic rings. The van der Waals surface area contributed by atoms with Crippen LogP contribution in [0.5, 0.6) is 0 Å². The van der Waals surface area contributed by atoms with Crippen molar-refractivity contribution >= 4 is 10.0 Å². The summed E-state index contributed by atoms with van der Waals surface area (Å²) >= 11 is 0. The van der Waals surface area contributed by atoms with Crippen LogP contribution in [0.4, 0.5) is 4.39 Å². The van der Waals surface area contributed by atoms with Crippen molar-refractivity contribution in [3.05, 3.63) is 29.1 Å². The van der Waals surface area contributed by atoms with Crippen LogP contribution in [0.25, 0.3) is 0 Å². The molecule has 0 saturated carbocycles. The molecule has 0 heterocycles. The molecule has 0 spiro atoms. The molecule has 1 aromatic carbocycles. The largest absolute Gasteiger partial charge is 0.326 e. The lowest BCUT2D eigenvalue weighted by atomic mass is 10.1. The van der Waals surface area contributed by atoms with Crippen LogP contribution in [-0.4, -0.2) is 15.0 Å². The van der Waals surface area contributed by atoms with Crippen LogP contribution in [0.2, 0.25) is 0 Å². The summed E-state index contributed by atoms with van der Waals surface area (Å²) in [6.45, 7) is 3.46. The van der Waals surface area contributed by atoms with Gasteiger partial charge in [-0.25, -0.2) is 17.5 Å². The zero-order valence-corrected chi connectivity index (χ0v) is 10.1. The van der Waals surface area contributed by atoms with Gasteiger partial charge in [-0.15, -0.1) is 0 Å². The van der Waals surface area contributed by atoms with Crippen LogP contribution in [0, 0.1) is 12.7 Å². The van der Waals surface area contributed by atoms with Gasteiger partial charge in [0.05, 0.1) is 4.90 Å². The Hall–Kier alpha value is -0.980. The van der Waals surface area contributed by atoms with E-state index in [0.29, 0.717) is 5.56 Å². The zero-order chi connectivity index (χ0) is 12.3. The Morgan fingerprint density at radius 2 is 2.06 bits per heavy atom. The molecule has 4 nitrogen and oxygen atoms in total.